The van der Waals surface area contributed by atoms with Crippen molar-refractivity contribution in [2.75, 3.05) is 20.1 Å². The zero-order valence-electron chi connectivity index (χ0n) is 10.4. The Hall–Kier alpha value is -0.610. The molecule has 2 N–H and O–H groups in total. The number of nitrogens with zero attached hydrogens (tertiary/aromatic N) is 1. The first-order valence-electron chi connectivity index (χ1n) is 6.31. The molecule has 0 saturated heterocycles. The van der Waals surface area contributed by atoms with Crippen molar-refractivity contribution < 1.29 is 9.90 Å². The van der Waals surface area contributed by atoms with Crippen LogP contribution in [0.2, 0.25) is 0 Å². The van der Waals surface area contributed by atoms with Crippen LogP contribution in [0.3, 0.4) is 0 Å². The fraction of sp³-hybridized carbons (Fsp3) is 0.917. The summed E-state index contributed by atoms with van der Waals surface area (Å²) in [5.74, 6) is 0.0828. The molecule has 16 heavy (non-hydrogen) atoms. The van der Waals surface area contributed by atoms with E-state index in [9.17, 15) is 9.90 Å². The van der Waals surface area contributed by atoms with E-state index in [0.717, 1.165) is 38.6 Å². The molecule has 1 amide bonds. The van der Waals surface area contributed by atoms with Crippen molar-refractivity contribution >= 4 is 5.91 Å². The van der Waals surface area contributed by atoms with Gasteiger partial charge in [0.05, 0.1) is 18.7 Å². The van der Waals surface area contributed by atoms with Crippen LogP contribution in [0.5, 0.6) is 0 Å². The zero-order chi connectivity index (χ0) is 12.0. The molecule has 1 saturated carbocycles. The first kappa shape index (κ1) is 13.5. The van der Waals surface area contributed by atoms with E-state index in [1.165, 1.54) is 0 Å². The predicted octanol–water partition coefficient (Wildman–Crippen LogP) is 0.748. The second-order valence-corrected chi connectivity index (χ2v) is 4.60. The molecule has 0 aromatic heterocycles. The predicted molar refractivity (Wildman–Crippen MR) is 64.2 cm³/mol. The van der Waals surface area contributed by atoms with Gasteiger partial charge in [-0.1, -0.05) is 19.8 Å². The number of aliphatic hydroxyl groups excluding tert-OH is 1. The van der Waals surface area contributed by atoms with E-state index in [2.05, 4.69) is 12.2 Å². The molecule has 0 aromatic rings. The Labute approximate surface area is 98.0 Å². The fourth-order valence-electron chi connectivity index (χ4n) is 2.23. The molecule has 2 unspecified atom stereocenters. The topological polar surface area (TPSA) is 52.6 Å². The lowest BCUT2D eigenvalue weighted by Gasteiger charge is -2.35. The van der Waals surface area contributed by atoms with Gasteiger partial charge < -0.3 is 15.3 Å². The number of carbonyl (C=O) groups excluding carboxylic acids is 1. The van der Waals surface area contributed by atoms with Crippen LogP contribution in [0, 0.1) is 0 Å². The molecule has 1 aliphatic carbocycles. The molecule has 1 fully saturated rings. The van der Waals surface area contributed by atoms with E-state index in [0.29, 0.717) is 6.54 Å². The summed E-state index contributed by atoms with van der Waals surface area (Å²) in [6.07, 6.45) is 4.63. The van der Waals surface area contributed by atoms with Crippen molar-refractivity contribution in [3.05, 3.63) is 0 Å². The Bertz CT molecular complexity index is 221. The number of hydrogen-bond donors (Lipinski definition) is 2. The van der Waals surface area contributed by atoms with Gasteiger partial charge in [-0.3, -0.25) is 4.79 Å². The third-order valence-electron chi connectivity index (χ3n) is 3.29. The van der Waals surface area contributed by atoms with Gasteiger partial charge in [0.2, 0.25) is 5.91 Å². The van der Waals surface area contributed by atoms with Crippen molar-refractivity contribution in [1.29, 1.82) is 0 Å². The van der Waals surface area contributed by atoms with Gasteiger partial charge in [0.25, 0.3) is 0 Å². The lowest BCUT2D eigenvalue weighted by Crippen LogP contribution is -2.48. The second kappa shape index (κ2) is 6.86. The fourth-order valence-corrected chi connectivity index (χ4v) is 2.23. The highest BCUT2D eigenvalue weighted by Crippen LogP contribution is 2.22. The molecule has 0 aromatic carbocycles. The average molecular weight is 228 g/mol. The van der Waals surface area contributed by atoms with Gasteiger partial charge in [0, 0.05) is 7.05 Å². The molecular formula is C12H24N2O2. The number of likely N-dealkylation sites (N-methyl/N-ethyl adjacent to an activating group) is 1. The van der Waals surface area contributed by atoms with Gasteiger partial charge in [0.1, 0.15) is 0 Å². The second-order valence-electron chi connectivity index (χ2n) is 4.60. The Morgan fingerprint density at radius 2 is 2.12 bits per heavy atom. The average Bonchev–Trinajstić information content (AvgIpc) is 2.29. The van der Waals surface area contributed by atoms with Gasteiger partial charge in [-0.15, -0.1) is 0 Å². The number of nitrogens with one attached hydrogen (secondary N) is 1. The van der Waals surface area contributed by atoms with Crippen LogP contribution in [-0.4, -0.2) is 48.2 Å². The summed E-state index contributed by atoms with van der Waals surface area (Å²) in [4.78, 5) is 13.5. The summed E-state index contributed by atoms with van der Waals surface area (Å²) in [6, 6.07) is 0.0182. The standard InChI is InChI=1S/C12H24N2O2/c1-3-8-13-9-12(16)14(2)10-6-4-5-7-11(10)15/h10-11,13,15H,3-9H2,1-2H3. The van der Waals surface area contributed by atoms with Crippen LogP contribution in [0.25, 0.3) is 0 Å². The van der Waals surface area contributed by atoms with Crippen LogP contribution >= 0.6 is 0 Å². The van der Waals surface area contributed by atoms with E-state index in [4.69, 9.17) is 0 Å². The zero-order valence-corrected chi connectivity index (χ0v) is 10.4. The van der Waals surface area contributed by atoms with Crippen molar-refractivity contribution in [2.24, 2.45) is 0 Å². The Morgan fingerprint density at radius 1 is 1.44 bits per heavy atom. The molecule has 4 nitrogen and oxygen atoms in total. The van der Waals surface area contributed by atoms with E-state index < -0.39 is 0 Å². The van der Waals surface area contributed by atoms with Crippen LogP contribution < -0.4 is 5.32 Å². The van der Waals surface area contributed by atoms with Crippen LogP contribution in [-0.2, 0) is 4.79 Å². The summed E-state index contributed by atoms with van der Waals surface area (Å²) in [7, 11) is 1.80. The number of rotatable bonds is 5. The van der Waals surface area contributed by atoms with Crippen molar-refractivity contribution in [3.63, 3.8) is 0 Å². The molecule has 0 heterocycles. The number of hydrogen-bond acceptors (Lipinski definition) is 3. The van der Waals surface area contributed by atoms with E-state index in [1.807, 2.05) is 0 Å². The highest BCUT2D eigenvalue weighted by molar-refractivity contribution is 5.78. The quantitative estimate of drug-likeness (QED) is 0.683. The molecule has 2 atom stereocenters. The van der Waals surface area contributed by atoms with Crippen molar-refractivity contribution in [2.45, 2.75) is 51.2 Å². The smallest absolute Gasteiger partial charge is 0.236 e. The van der Waals surface area contributed by atoms with Crippen molar-refractivity contribution in [3.8, 4) is 0 Å². The lowest BCUT2D eigenvalue weighted by molar-refractivity contribution is -0.134. The maximum atomic E-state index is 11.8. The van der Waals surface area contributed by atoms with Crippen molar-refractivity contribution in [1.82, 2.24) is 10.2 Å². The minimum atomic E-state index is -0.339. The monoisotopic (exact) mass is 228 g/mol. The summed E-state index contributed by atoms with van der Waals surface area (Å²) in [6.45, 7) is 3.33. The third kappa shape index (κ3) is 3.76. The number of carbonyl (C=O) groups is 1. The van der Waals surface area contributed by atoms with Gasteiger partial charge in [-0.05, 0) is 25.8 Å². The molecule has 1 rings (SSSR count). The molecule has 0 aliphatic heterocycles. The molecule has 94 valence electrons. The summed E-state index contributed by atoms with van der Waals surface area (Å²) >= 11 is 0. The number of aliphatic hydroxyl groups is 1. The maximum Gasteiger partial charge on any atom is 0.236 e. The highest BCUT2D eigenvalue weighted by Gasteiger charge is 2.28. The Balaban J connectivity index is 2.36. The Morgan fingerprint density at radius 3 is 2.75 bits per heavy atom. The summed E-state index contributed by atoms with van der Waals surface area (Å²) in [5.41, 5.74) is 0. The molecule has 0 spiro atoms. The minimum absolute atomic E-state index is 0.0182. The molecular weight excluding hydrogens is 204 g/mol. The summed E-state index contributed by atoms with van der Waals surface area (Å²) < 4.78 is 0. The maximum absolute atomic E-state index is 11.8. The molecule has 1 aliphatic rings. The van der Waals surface area contributed by atoms with Crippen LogP contribution in [0.15, 0.2) is 0 Å². The van der Waals surface area contributed by atoms with Crippen LogP contribution in [0.4, 0.5) is 0 Å². The van der Waals surface area contributed by atoms with E-state index in [1.54, 1.807) is 11.9 Å². The van der Waals surface area contributed by atoms with Gasteiger partial charge in [0.15, 0.2) is 0 Å². The first-order chi connectivity index (χ1) is 7.66. The lowest BCUT2D eigenvalue weighted by atomic mass is 9.91. The molecule has 4 heteroatoms. The largest absolute Gasteiger partial charge is 0.391 e. The summed E-state index contributed by atoms with van der Waals surface area (Å²) in [5, 5.41) is 12.9. The first-order valence-corrected chi connectivity index (χ1v) is 6.31. The molecule has 0 radical (unpaired) electrons. The van der Waals surface area contributed by atoms with E-state index in [-0.39, 0.29) is 18.1 Å². The Kier molecular flexibility index (Phi) is 5.77. The van der Waals surface area contributed by atoms with Gasteiger partial charge in [-0.25, -0.2) is 0 Å². The third-order valence-corrected chi connectivity index (χ3v) is 3.29. The molecule has 0 bridgehead atoms. The highest BCUT2D eigenvalue weighted by atomic mass is 16.3. The van der Waals surface area contributed by atoms with Gasteiger partial charge in [-0.2, -0.15) is 0 Å². The normalized spacial score (nSPS) is 25.4. The minimum Gasteiger partial charge on any atom is -0.391 e. The van der Waals surface area contributed by atoms with E-state index >= 15 is 0 Å². The van der Waals surface area contributed by atoms with Crippen LogP contribution in [0.1, 0.15) is 39.0 Å². The number of amides is 1. The van der Waals surface area contributed by atoms with Gasteiger partial charge >= 0.3 is 0 Å². The SMILES string of the molecule is CCCNCC(=O)N(C)C1CCCCC1O.